The first-order valence-electron chi connectivity index (χ1n) is 2.83. The van der Waals surface area contributed by atoms with Gasteiger partial charge in [0.05, 0.1) is 11.3 Å². The van der Waals surface area contributed by atoms with Crippen LogP contribution >= 0.6 is 0 Å². The average molecular weight is 156 g/mol. The van der Waals surface area contributed by atoms with Gasteiger partial charge in [0, 0.05) is 6.20 Å². The molecule has 1 aromatic heterocycles. The van der Waals surface area contributed by atoms with Crippen molar-refractivity contribution in [2.24, 2.45) is 0 Å². The molecular formula is C6H5FN2O2. The molecule has 11 heavy (non-hydrogen) atoms. The van der Waals surface area contributed by atoms with Gasteiger partial charge in [-0.3, -0.25) is 0 Å². The van der Waals surface area contributed by atoms with E-state index in [-0.39, 0.29) is 11.3 Å². The summed E-state index contributed by atoms with van der Waals surface area (Å²) in [6.45, 7) is 1.41. The van der Waals surface area contributed by atoms with E-state index in [9.17, 15) is 9.18 Å². The molecule has 0 aliphatic heterocycles. The zero-order valence-electron chi connectivity index (χ0n) is 5.71. The van der Waals surface area contributed by atoms with E-state index >= 15 is 0 Å². The Morgan fingerprint density at radius 1 is 1.73 bits per heavy atom. The fourth-order valence-electron chi connectivity index (χ4n) is 0.649. The van der Waals surface area contributed by atoms with E-state index < -0.39 is 12.0 Å². The molecular weight excluding hydrogens is 151 g/mol. The molecule has 0 bridgehead atoms. The minimum Gasteiger partial charge on any atom is -0.478 e. The summed E-state index contributed by atoms with van der Waals surface area (Å²) >= 11 is 0. The summed E-state index contributed by atoms with van der Waals surface area (Å²) in [4.78, 5) is 16.7. The minimum absolute atomic E-state index is 0.0774. The lowest BCUT2D eigenvalue weighted by Gasteiger charge is -1.96. The molecule has 1 rings (SSSR count). The Bertz CT molecular complexity index is 301. The highest BCUT2D eigenvalue weighted by molar-refractivity contribution is 5.88. The molecule has 0 spiro atoms. The minimum atomic E-state index is -1.15. The molecule has 0 unspecified atom stereocenters. The molecule has 0 saturated heterocycles. The van der Waals surface area contributed by atoms with Gasteiger partial charge >= 0.3 is 12.0 Å². The third-order valence-electron chi connectivity index (χ3n) is 1.18. The number of aryl methyl sites for hydroxylation is 1. The lowest BCUT2D eigenvalue weighted by atomic mass is 10.2. The molecule has 0 aliphatic rings. The van der Waals surface area contributed by atoms with Gasteiger partial charge in [-0.05, 0) is 6.92 Å². The third kappa shape index (κ3) is 1.49. The van der Waals surface area contributed by atoms with E-state index in [1.807, 2.05) is 0 Å². The van der Waals surface area contributed by atoms with Gasteiger partial charge in [0.15, 0.2) is 0 Å². The summed E-state index contributed by atoms with van der Waals surface area (Å²) in [5.41, 5.74) is 0.0522. The summed E-state index contributed by atoms with van der Waals surface area (Å²) < 4.78 is 12.2. The molecule has 1 N–H and O–H groups in total. The third-order valence-corrected chi connectivity index (χ3v) is 1.18. The zero-order chi connectivity index (χ0) is 8.43. The Hall–Kier alpha value is -1.52. The predicted octanol–water partition coefficient (Wildman–Crippen LogP) is 0.622. The summed E-state index contributed by atoms with van der Waals surface area (Å²) in [5, 5.41) is 8.45. The average Bonchev–Trinajstić information content (AvgIpc) is 1.85. The van der Waals surface area contributed by atoms with E-state index in [0.29, 0.717) is 0 Å². The quantitative estimate of drug-likeness (QED) is 0.605. The largest absolute Gasteiger partial charge is 0.478 e. The maximum Gasteiger partial charge on any atom is 0.339 e. The number of rotatable bonds is 1. The number of carbonyl (C=O) groups is 1. The highest BCUT2D eigenvalue weighted by Crippen LogP contribution is 2.02. The molecule has 0 radical (unpaired) electrons. The summed E-state index contributed by atoms with van der Waals surface area (Å²) in [6, 6.07) is 0. The maximum atomic E-state index is 12.2. The molecule has 1 heterocycles. The van der Waals surface area contributed by atoms with E-state index in [1.54, 1.807) is 0 Å². The van der Waals surface area contributed by atoms with E-state index in [2.05, 4.69) is 9.97 Å². The molecule has 4 nitrogen and oxygen atoms in total. The van der Waals surface area contributed by atoms with Gasteiger partial charge in [0.2, 0.25) is 0 Å². The van der Waals surface area contributed by atoms with Crippen molar-refractivity contribution < 1.29 is 14.3 Å². The molecule has 0 fully saturated rings. The first kappa shape index (κ1) is 7.59. The second-order valence-corrected chi connectivity index (χ2v) is 1.94. The number of halogens is 1. The summed E-state index contributed by atoms with van der Waals surface area (Å²) in [6.07, 6.45) is 0.0347. The Morgan fingerprint density at radius 2 is 2.36 bits per heavy atom. The van der Waals surface area contributed by atoms with E-state index in [1.165, 1.54) is 6.92 Å². The van der Waals surface area contributed by atoms with Gasteiger partial charge in [-0.2, -0.15) is 4.39 Å². The Labute approximate surface area is 61.7 Å². The lowest BCUT2D eigenvalue weighted by molar-refractivity contribution is 0.0695. The predicted molar refractivity (Wildman–Crippen MR) is 33.7 cm³/mol. The molecule has 0 aromatic carbocycles. The monoisotopic (exact) mass is 156 g/mol. The molecule has 0 amide bonds. The molecule has 0 saturated carbocycles. The molecule has 0 aliphatic carbocycles. The Kier molecular flexibility index (Phi) is 1.80. The topological polar surface area (TPSA) is 63.1 Å². The highest BCUT2D eigenvalue weighted by Gasteiger charge is 2.08. The standard InChI is InChI=1S/C6H5FN2O2/c1-3-4(5(10)11)2-8-6(7)9-3/h2H,1H3,(H,10,11). The molecule has 0 atom stereocenters. The first-order chi connectivity index (χ1) is 5.11. The molecule has 58 valence electrons. The van der Waals surface area contributed by atoms with Crippen molar-refractivity contribution >= 4 is 5.97 Å². The SMILES string of the molecule is Cc1nc(F)ncc1C(=O)O. The van der Waals surface area contributed by atoms with Crippen LogP contribution in [0.1, 0.15) is 16.1 Å². The van der Waals surface area contributed by atoms with Crippen LogP contribution in [0.15, 0.2) is 6.20 Å². The van der Waals surface area contributed by atoms with Crippen molar-refractivity contribution in [3.63, 3.8) is 0 Å². The second-order valence-electron chi connectivity index (χ2n) is 1.94. The second kappa shape index (κ2) is 2.61. The van der Waals surface area contributed by atoms with Crippen LogP contribution in [-0.4, -0.2) is 21.0 Å². The zero-order valence-corrected chi connectivity index (χ0v) is 5.71. The molecule has 5 heteroatoms. The van der Waals surface area contributed by atoms with Crippen LogP contribution < -0.4 is 0 Å². The van der Waals surface area contributed by atoms with Gasteiger partial charge in [0.25, 0.3) is 0 Å². The number of aromatic nitrogens is 2. The Morgan fingerprint density at radius 3 is 2.82 bits per heavy atom. The number of aromatic carboxylic acids is 1. The van der Waals surface area contributed by atoms with Gasteiger partial charge < -0.3 is 5.11 Å². The van der Waals surface area contributed by atoms with Crippen LogP contribution in [0, 0.1) is 13.0 Å². The number of hydrogen-bond acceptors (Lipinski definition) is 3. The van der Waals surface area contributed by atoms with Gasteiger partial charge in [-0.15, -0.1) is 0 Å². The van der Waals surface area contributed by atoms with Crippen molar-refractivity contribution in [2.45, 2.75) is 6.92 Å². The summed E-state index contributed by atoms with van der Waals surface area (Å²) in [5.74, 6) is -1.15. The maximum absolute atomic E-state index is 12.2. The van der Waals surface area contributed by atoms with Crippen LogP contribution in [0.2, 0.25) is 0 Å². The van der Waals surface area contributed by atoms with E-state index in [0.717, 1.165) is 6.20 Å². The summed E-state index contributed by atoms with van der Waals surface area (Å²) in [7, 11) is 0. The number of hydrogen-bond donors (Lipinski definition) is 1. The lowest BCUT2D eigenvalue weighted by Crippen LogP contribution is -2.04. The van der Waals surface area contributed by atoms with Crippen LogP contribution in [0.25, 0.3) is 0 Å². The Balaban J connectivity index is 3.20. The number of carboxylic acids is 1. The van der Waals surface area contributed by atoms with Crippen LogP contribution in [-0.2, 0) is 0 Å². The number of carboxylic acid groups (broad SMARTS) is 1. The first-order valence-corrected chi connectivity index (χ1v) is 2.83. The van der Waals surface area contributed by atoms with Crippen molar-refractivity contribution in [1.82, 2.24) is 9.97 Å². The fourth-order valence-corrected chi connectivity index (χ4v) is 0.649. The fraction of sp³-hybridized carbons (Fsp3) is 0.167. The highest BCUT2D eigenvalue weighted by atomic mass is 19.1. The van der Waals surface area contributed by atoms with Crippen molar-refractivity contribution in [1.29, 1.82) is 0 Å². The normalized spacial score (nSPS) is 9.64. The van der Waals surface area contributed by atoms with Gasteiger partial charge in [-0.1, -0.05) is 0 Å². The van der Waals surface area contributed by atoms with Crippen LogP contribution in [0.4, 0.5) is 4.39 Å². The van der Waals surface area contributed by atoms with Crippen molar-refractivity contribution in [2.75, 3.05) is 0 Å². The van der Waals surface area contributed by atoms with Crippen molar-refractivity contribution in [3.05, 3.63) is 23.5 Å². The van der Waals surface area contributed by atoms with Gasteiger partial charge in [-0.25, -0.2) is 14.8 Å². The van der Waals surface area contributed by atoms with E-state index in [4.69, 9.17) is 5.11 Å². The molecule has 1 aromatic rings. The smallest absolute Gasteiger partial charge is 0.339 e. The van der Waals surface area contributed by atoms with Crippen molar-refractivity contribution in [3.8, 4) is 0 Å². The van der Waals surface area contributed by atoms with Gasteiger partial charge in [0.1, 0.15) is 0 Å². The van der Waals surface area contributed by atoms with Crippen LogP contribution in [0.5, 0.6) is 0 Å². The number of nitrogens with zero attached hydrogens (tertiary/aromatic N) is 2. The van der Waals surface area contributed by atoms with Crippen LogP contribution in [0.3, 0.4) is 0 Å².